The van der Waals surface area contributed by atoms with Crippen LogP contribution in [0, 0.1) is 16.7 Å². The Labute approximate surface area is 129 Å². The molecule has 20 heavy (non-hydrogen) atoms. The van der Waals surface area contributed by atoms with Crippen molar-refractivity contribution in [3.8, 4) is 0 Å². The van der Waals surface area contributed by atoms with E-state index in [0.29, 0.717) is 28.8 Å². The molecular formula is C18H31NS. The third-order valence-corrected chi connectivity index (χ3v) is 5.44. The van der Waals surface area contributed by atoms with Crippen LogP contribution in [0.15, 0.2) is 17.5 Å². The minimum Gasteiger partial charge on any atom is -0.306 e. The lowest BCUT2D eigenvalue weighted by atomic mass is 9.63. The summed E-state index contributed by atoms with van der Waals surface area (Å²) in [5.74, 6) is 0.641. The van der Waals surface area contributed by atoms with Crippen LogP contribution in [-0.4, -0.2) is 6.04 Å². The topological polar surface area (TPSA) is 12.0 Å². The third kappa shape index (κ3) is 4.08. The van der Waals surface area contributed by atoms with Gasteiger partial charge in [-0.1, -0.05) is 47.6 Å². The summed E-state index contributed by atoms with van der Waals surface area (Å²) in [7, 11) is 0. The lowest BCUT2D eigenvalue weighted by molar-refractivity contribution is 0.0773. The van der Waals surface area contributed by atoms with E-state index in [-0.39, 0.29) is 0 Å². The number of nitrogens with one attached hydrogen (secondary N) is 1. The van der Waals surface area contributed by atoms with E-state index in [4.69, 9.17) is 0 Å². The standard InChI is InChI=1S/C18H31NS/c1-13(2)16(15-8-7-9-20-15)19-14-10-17(3,4)12-18(5,6)11-14/h7-9,13-14,16,19H,10-12H2,1-6H3. The molecular weight excluding hydrogens is 262 g/mol. The molecule has 0 aromatic carbocycles. The molecule has 0 amide bonds. The first-order valence-corrected chi connectivity index (χ1v) is 8.86. The predicted octanol–water partition coefficient (Wildman–Crippen LogP) is 5.64. The van der Waals surface area contributed by atoms with Gasteiger partial charge < -0.3 is 5.32 Å². The zero-order chi connectivity index (χ0) is 15.0. The van der Waals surface area contributed by atoms with E-state index in [1.807, 2.05) is 11.3 Å². The van der Waals surface area contributed by atoms with E-state index in [2.05, 4.69) is 64.4 Å². The Morgan fingerprint density at radius 2 is 1.75 bits per heavy atom. The second kappa shape index (κ2) is 5.81. The van der Waals surface area contributed by atoms with Gasteiger partial charge in [0, 0.05) is 17.0 Å². The van der Waals surface area contributed by atoms with Crippen molar-refractivity contribution in [2.24, 2.45) is 16.7 Å². The Bertz CT molecular complexity index is 401. The summed E-state index contributed by atoms with van der Waals surface area (Å²) in [6, 6.07) is 5.60. The van der Waals surface area contributed by atoms with Crippen molar-refractivity contribution in [3.63, 3.8) is 0 Å². The highest BCUT2D eigenvalue weighted by Gasteiger charge is 2.39. The summed E-state index contributed by atoms with van der Waals surface area (Å²) in [4.78, 5) is 1.49. The maximum absolute atomic E-state index is 3.98. The first kappa shape index (κ1) is 16.0. The first-order chi connectivity index (χ1) is 9.19. The number of thiophene rings is 1. The fourth-order valence-electron chi connectivity index (χ4n) is 4.29. The maximum Gasteiger partial charge on any atom is 0.0440 e. The van der Waals surface area contributed by atoms with Crippen LogP contribution < -0.4 is 5.32 Å². The SMILES string of the molecule is CC(C)C(NC1CC(C)(C)CC(C)(C)C1)c1cccs1. The van der Waals surface area contributed by atoms with Crippen LogP contribution in [-0.2, 0) is 0 Å². The molecule has 1 aromatic rings. The first-order valence-electron chi connectivity index (χ1n) is 7.98. The van der Waals surface area contributed by atoms with Gasteiger partial charge >= 0.3 is 0 Å². The third-order valence-electron chi connectivity index (χ3n) is 4.49. The average molecular weight is 294 g/mol. The molecule has 1 atom stereocenters. The van der Waals surface area contributed by atoms with Gasteiger partial charge in [0.05, 0.1) is 0 Å². The van der Waals surface area contributed by atoms with Crippen molar-refractivity contribution < 1.29 is 0 Å². The molecule has 1 unspecified atom stereocenters. The van der Waals surface area contributed by atoms with Gasteiger partial charge in [0.2, 0.25) is 0 Å². The summed E-state index contributed by atoms with van der Waals surface area (Å²) in [6.45, 7) is 14.4. The zero-order valence-corrected chi connectivity index (χ0v) is 14.8. The van der Waals surface area contributed by atoms with Crippen molar-refractivity contribution in [3.05, 3.63) is 22.4 Å². The minimum atomic E-state index is 0.455. The second-order valence-corrected chi connectivity index (χ2v) is 9.49. The molecule has 0 aliphatic heterocycles. The number of rotatable bonds is 4. The highest BCUT2D eigenvalue weighted by Crippen LogP contribution is 2.46. The number of hydrogen-bond donors (Lipinski definition) is 1. The molecule has 1 nitrogen and oxygen atoms in total. The predicted molar refractivity (Wildman–Crippen MR) is 90.2 cm³/mol. The van der Waals surface area contributed by atoms with Crippen molar-refractivity contribution >= 4 is 11.3 Å². The van der Waals surface area contributed by atoms with Crippen molar-refractivity contribution in [2.75, 3.05) is 0 Å². The van der Waals surface area contributed by atoms with Crippen molar-refractivity contribution in [1.29, 1.82) is 0 Å². The van der Waals surface area contributed by atoms with Gasteiger partial charge in [-0.05, 0) is 47.5 Å². The second-order valence-electron chi connectivity index (χ2n) is 8.51. The van der Waals surface area contributed by atoms with Crippen molar-refractivity contribution in [1.82, 2.24) is 5.32 Å². The molecule has 2 heteroatoms. The monoisotopic (exact) mass is 293 g/mol. The average Bonchev–Trinajstić information content (AvgIpc) is 2.73. The molecule has 1 aliphatic carbocycles. The quantitative estimate of drug-likeness (QED) is 0.757. The normalized spacial score (nSPS) is 23.9. The van der Waals surface area contributed by atoms with E-state index in [1.165, 1.54) is 24.1 Å². The Kier molecular flexibility index (Phi) is 4.66. The molecule has 1 aromatic heterocycles. The number of hydrogen-bond acceptors (Lipinski definition) is 2. The Balaban J connectivity index is 2.11. The molecule has 1 N–H and O–H groups in total. The molecule has 114 valence electrons. The molecule has 0 radical (unpaired) electrons. The molecule has 2 rings (SSSR count). The van der Waals surface area contributed by atoms with Gasteiger partial charge in [0.1, 0.15) is 0 Å². The summed E-state index contributed by atoms with van der Waals surface area (Å²) in [5, 5.41) is 6.18. The molecule has 1 fully saturated rings. The lowest BCUT2D eigenvalue weighted by Gasteiger charge is -2.46. The molecule has 1 heterocycles. The highest BCUT2D eigenvalue weighted by molar-refractivity contribution is 7.10. The fraction of sp³-hybridized carbons (Fsp3) is 0.778. The molecule has 1 aliphatic rings. The van der Waals surface area contributed by atoms with E-state index in [1.54, 1.807) is 0 Å². The summed E-state index contributed by atoms with van der Waals surface area (Å²) >= 11 is 1.89. The Morgan fingerprint density at radius 3 is 2.20 bits per heavy atom. The summed E-state index contributed by atoms with van der Waals surface area (Å²) in [5.41, 5.74) is 0.910. The smallest absolute Gasteiger partial charge is 0.0440 e. The molecule has 0 bridgehead atoms. The highest BCUT2D eigenvalue weighted by atomic mass is 32.1. The van der Waals surface area contributed by atoms with E-state index >= 15 is 0 Å². The summed E-state index contributed by atoms with van der Waals surface area (Å²) < 4.78 is 0. The van der Waals surface area contributed by atoms with E-state index in [0.717, 1.165) is 0 Å². The van der Waals surface area contributed by atoms with Crippen LogP contribution in [0.1, 0.15) is 71.7 Å². The van der Waals surface area contributed by atoms with Gasteiger partial charge in [-0.15, -0.1) is 11.3 Å². The van der Waals surface area contributed by atoms with E-state index < -0.39 is 0 Å². The van der Waals surface area contributed by atoms with Crippen LogP contribution in [0.4, 0.5) is 0 Å². The lowest BCUT2D eigenvalue weighted by Crippen LogP contribution is -2.45. The molecule has 1 saturated carbocycles. The van der Waals surface area contributed by atoms with Crippen LogP contribution in [0.5, 0.6) is 0 Å². The Hall–Kier alpha value is -0.340. The molecule has 0 saturated heterocycles. The molecule has 0 spiro atoms. The zero-order valence-electron chi connectivity index (χ0n) is 14.0. The van der Waals surface area contributed by atoms with Gasteiger partial charge in [-0.25, -0.2) is 0 Å². The van der Waals surface area contributed by atoms with Crippen LogP contribution >= 0.6 is 11.3 Å². The maximum atomic E-state index is 3.98. The fourth-order valence-corrected chi connectivity index (χ4v) is 5.25. The van der Waals surface area contributed by atoms with Crippen LogP contribution in [0.2, 0.25) is 0 Å². The largest absolute Gasteiger partial charge is 0.306 e. The van der Waals surface area contributed by atoms with Crippen LogP contribution in [0.25, 0.3) is 0 Å². The van der Waals surface area contributed by atoms with E-state index in [9.17, 15) is 0 Å². The Morgan fingerprint density at radius 1 is 1.15 bits per heavy atom. The van der Waals surface area contributed by atoms with Gasteiger partial charge in [-0.3, -0.25) is 0 Å². The van der Waals surface area contributed by atoms with Gasteiger partial charge in [-0.2, -0.15) is 0 Å². The minimum absolute atomic E-state index is 0.455. The van der Waals surface area contributed by atoms with Gasteiger partial charge in [0.25, 0.3) is 0 Å². The van der Waals surface area contributed by atoms with Gasteiger partial charge in [0.15, 0.2) is 0 Å². The summed E-state index contributed by atoms with van der Waals surface area (Å²) in [6.07, 6.45) is 3.93. The van der Waals surface area contributed by atoms with Crippen molar-refractivity contribution in [2.45, 2.75) is 72.9 Å². The van der Waals surface area contributed by atoms with Crippen LogP contribution in [0.3, 0.4) is 0 Å².